The Balaban J connectivity index is 2.11. The third-order valence-corrected chi connectivity index (χ3v) is 3.65. The van der Waals surface area contributed by atoms with Gasteiger partial charge >= 0.3 is 0 Å². The lowest BCUT2D eigenvalue weighted by Crippen LogP contribution is -2.16. The number of carbonyl (C=O) groups excluding carboxylic acids is 1. The van der Waals surface area contributed by atoms with E-state index in [1.165, 1.54) is 0 Å². The third-order valence-electron chi connectivity index (χ3n) is 3.65. The van der Waals surface area contributed by atoms with Gasteiger partial charge in [0.25, 0.3) is 0 Å². The summed E-state index contributed by atoms with van der Waals surface area (Å²) in [7, 11) is 0. The molecule has 0 aromatic heterocycles. The number of oxime groups is 1. The zero-order chi connectivity index (χ0) is 13.4. The molecule has 1 unspecified atom stereocenters. The van der Waals surface area contributed by atoms with Crippen molar-refractivity contribution in [1.29, 1.82) is 0 Å². The molecule has 1 heterocycles. The van der Waals surface area contributed by atoms with Crippen molar-refractivity contribution in [3.05, 3.63) is 46.7 Å². The second kappa shape index (κ2) is 4.53. The molecule has 4 heteroatoms. The minimum absolute atomic E-state index is 0.103. The number of rotatable bonds is 1. The highest BCUT2D eigenvalue weighted by Gasteiger charge is 2.40. The third kappa shape index (κ3) is 1.93. The first-order chi connectivity index (χ1) is 9.20. The van der Waals surface area contributed by atoms with E-state index in [0.29, 0.717) is 17.8 Å². The van der Waals surface area contributed by atoms with Crippen LogP contribution in [-0.4, -0.2) is 16.9 Å². The number of carbonyl (C=O) groups is 1. The molecule has 1 aromatic rings. The summed E-state index contributed by atoms with van der Waals surface area (Å²) < 4.78 is 5.55. The number of Topliss-reactive ketones (excluding diaryl/α,β-unsaturated/α-hetero) is 1. The highest BCUT2D eigenvalue weighted by atomic mass is 16.5. The van der Waals surface area contributed by atoms with E-state index in [0.717, 1.165) is 24.0 Å². The van der Waals surface area contributed by atoms with Crippen molar-refractivity contribution in [1.82, 2.24) is 0 Å². The number of hydrogen-bond acceptors (Lipinski definition) is 4. The summed E-state index contributed by atoms with van der Waals surface area (Å²) in [4.78, 5) is 12.1. The minimum Gasteiger partial charge on any atom is -0.443 e. The van der Waals surface area contributed by atoms with Crippen molar-refractivity contribution >= 4 is 11.7 Å². The summed E-state index contributed by atoms with van der Waals surface area (Å²) in [5.41, 5.74) is 2.71. The Morgan fingerprint density at radius 3 is 2.95 bits per heavy atom. The van der Waals surface area contributed by atoms with E-state index >= 15 is 0 Å². The van der Waals surface area contributed by atoms with E-state index in [1.807, 2.05) is 31.2 Å². The van der Waals surface area contributed by atoms with E-state index < -0.39 is 0 Å². The monoisotopic (exact) mass is 257 g/mol. The molecule has 0 amide bonds. The van der Waals surface area contributed by atoms with Crippen LogP contribution in [0.25, 0.3) is 0 Å². The van der Waals surface area contributed by atoms with Gasteiger partial charge in [0, 0.05) is 12.8 Å². The fraction of sp³-hybridized carbons (Fsp3) is 0.333. The van der Waals surface area contributed by atoms with Gasteiger partial charge in [-0.25, -0.2) is 0 Å². The lowest BCUT2D eigenvalue weighted by Gasteiger charge is -2.15. The van der Waals surface area contributed by atoms with Gasteiger partial charge in [-0.1, -0.05) is 35.0 Å². The maximum absolute atomic E-state index is 12.1. The van der Waals surface area contributed by atoms with Gasteiger partial charge in [-0.3, -0.25) is 4.79 Å². The van der Waals surface area contributed by atoms with E-state index in [9.17, 15) is 4.79 Å². The molecule has 19 heavy (non-hydrogen) atoms. The van der Waals surface area contributed by atoms with Crippen molar-refractivity contribution in [2.24, 2.45) is 5.16 Å². The molecular formula is C15H15NO3. The summed E-state index contributed by atoms with van der Waals surface area (Å²) in [5.74, 6) is 0.639. The Kier molecular flexibility index (Phi) is 2.85. The summed E-state index contributed by atoms with van der Waals surface area (Å²) in [6.45, 7) is 1.99. The molecule has 1 aromatic carbocycles. The van der Waals surface area contributed by atoms with Crippen LogP contribution in [0.2, 0.25) is 0 Å². The molecule has 0 spiro atoms. The zero-order valence-electron chi connectivity index (χ0n) is 10.7. The predicted molar refractivity (Wildman–Crippen MR) is 70.1 cm³/mol. The predicted octanol–water partition coefficient (Wildman–Crippen LogP) is 2.90. The number of nitrogens with zero attached hydrogens (tertiary/aromatic N) is 1. The van der Waals surface area contributed by atoms with Gasteiger partial charge in [-0.15, -0.1) is 0 Å². The van der Waals surface area contributed by atoms with Gasteiger partial charge in [0.05, 0.1) is 11.5 Å². The van der Waals surface area contributed by atoms with E-state index in [2.05, 4.69) is 5.16 Å². The average molecular weight is 257 g/mol. The highest BCUT2D eigenvalue weighted by Crippen LogP contribution is 2.41. The summed E-state index contributed by atoms with van der Waals surface area (Å²) >= 11 is 0. The van der Waals surface area contributed by atoms with Crippen LogP contribution in [0.15, 0.2) is 40.8 Å². The van der Waals surface area contributed by atoms with Crippen LogP contribution in [0.5, 0.6) is 0 Å². The molecule has 3 rings (SSSR count). The largest absolute Gasteiger partial charge is 0.443 e. The molecule has 0 saturated heterocycles. The molecule has 0 radical (unpaired) electrons. The normalized spacial score (nSPS) is 24.6. The maximum atomic E-state index is 12.1. The molecule has 0 saturated carbocycles. The zero-order valence-corrected chi connectivity index (χ0v) is 10.7. The molecule has 1 aliphatic carbocycles. The van der Waals surface area contributed by atoms with Crippen molar-refractivity contribution in [3.63, 3.8) is 0 Å². The molecule has 1 N–H and O–H groups in total. The topological polar surface area (TPSA) is 58.9 Å². The summed E-state index contributed by atoms with van der Waals surface area (Å²) in [5, 5.41) is 12.4. The Hall–Kier alpha value is -2.10. The van der Waals surface area contributed by atoms with Gasteiger partial charge in [-0.05, 0) is 18.9 Å². The van der Waals surface area contributed by atoms with Gasteiger partial charge < -0.3 is 9.94 Å². The first kappa shape index (κ1) is 12.0. The molecule has 1 atom stereocenters. The first-order valence-electron chi connectivity index (χ1n) is 6.43. The molecule has 2 aliphatic rings. The molecule has 0 bridgehead atoms. The second-order valence-corrected chi connectivity index (χ2v) is 5.00. The smallest absolute Gasteiger partial charge is 0.242 e. The SMILES string of the molecule is Cc1cccc(C2C3=C(CCCC3=O)O/C2=N\O)c1. The summed E-state index contributed by atoms with van der Waals surface area (Å²) in [6.07, 6.45) is 2.09. The van der Waals surface area contributed by atoms with Crippen LogP contribution >= 0.6 is 0 Å². The van der Waals surface area contributed by atoms with Crippen molar-refractivity contribution in [3.8, 4) is 0 Å². The Morgan fingerprint density at radius 2 is 2.21 bits per heavy atom. The Morgan fingerprint density at radius 1 is 1.37 bits per heavy atom. The van der Waals surface area contributed by atoms with Crippen LogP contribution in [0.4, 0.5) is 0 Å². The van der Waals surface area contributed by atoms with E-state index in [4.69, 9.17) is 9.94 Å². The van der Waals surface area contributed by atoms with E-state index in [-0.39, 0.29) is 17.6 Å². The van der Waals surface area contributed by atoms with Gasteiger partial charge in [0.1, 0.15) is 5.76 Å². The minimum atomic E-state index is -0.354. The van der Waals surface area contributed by atoms with Crippen LogP contribution < -0.4 is 0 Å². The highest BCUT2D eigenvalue weighted by molar-refractivity contribution is 6.07. The summed E-state index contributed by atoms with van der Waals surface area (Å²) in [6, 6.07) is 7.86. The van der Waals surface area contributed by atoms with Crippen LogP contribution in [-0.2, 0) is 9.53 Å². The fourth-order valence-electron chi connectivity index (χ4n) is 2.81. The second-order valence-electron chi connectivity index (χ2n) is 5.00. The number of ketones is 1. The number of ether oxygens (including phenoxy) is 1. The number of hydrogen-bond donors (Lipinski definition) is 1. The van der Waals surface area contributed by atoms with E-state index in [1.54, 1.807) is 0 Å². The molecule has 0 fully saturated rings. The van der Waals surface area contributed by atoms with Crippen LogP contribution in [0, 0.1) is 6.92 Å². The number of aryl methyl sites for hydroxylation is 1. The maximum Gasteiger partial charge on any atom is 0.242 e. The molecular weight excluding hydrogens is 242 g/mol. The van der Waals surface area contributed by atoms with Gasteiger partial charge in [-0.2, -0.15) is 0 Å². The molecule has 4 nitrogen and oxygen atoms in total. The lowest BCUT2D eigenvalue weighted by atomic mass is 9.84. The fourth-order valence-corrected chi connectivity index (χ4v) is 2.81. The van der Waals surface area contributed by atoms with Gasteiger partial charge in [0.15, 0.2) is 5.78 Å². The standard InChI is InChI=1S/C15H15NO3/c1-9-4-2-5-10(8-9)13-14-11(17)6-3-7-12(14)19-15(13)16-18/h2,4-5,8,13,18H,3,6-7H2,1H3/b16-15-. The van der Waals surface area contributed by atoms with Crippen molar-refractivity contribution in [2.45, 2.75) is 32.1 Å². The first-order valence-corrected chi connectivity index (χ1v) is 6.43. The number of benzene rings is 1. The van der Waals surface area contributed by atoms with Crippen molar-refractivity contribution in [2.75, 3.05) is 0 Å². The Labute approximate surface area is 111 Å². The number of allylic oxidation sites excluding steroid dienone is 1. The lowest BCUT2D eigenvalue weighted by molar-refractivity contribution is -0.116. The quantitative estimate of drug-likeness (QED) is 0.621. The van der Waals surface area contributed by atoms with Crippen LogP contribution in [0.1, 0.15) is 36.3 Å². The van der Waals surface area contributed by atoms with Gasteiger partial charge in [0.2, 0.25) is 5.90 Å². The van der Waals surface area contributed by atoms with Crippen molar-refractivity contribution < 1.29 is 14.7 Å². The molecule has 98 valence electrons. The molecule has 1 aliphatic heterocycles. The van der Waals surface area contributed by atoms with Crippen LogP contribution in [0.3, 0.4) is 0 Å². The average Bonchev–Trinajstić information content (AvgIpc) is 2.78. The Bertz CT molecular complexity index is 601.